The van der Waals surface area contributed by atoms with E-state index in [4.69, 9.17) is 0 Å². The molecule has 2 heterocycles. The van der Waals surface area contributed by atoms with E-state index in [1.807, 2.05) is 38.1 Å². The van der Waals surface area contributed by atoms with Crippen LogP contribution in [0, 0.1) is 13.8 Å². The van der Waals surface area contributed by atoms with Crippen molar-refractivity contribution < 1.29 is 4.79 Å². The number of fused-ring (bicyclic) bond motifs is 1. The van der Waals surface area contributed by atoms with Gasteiger partial charge in [0.05, 0.1) is 11.1 Å². The van der Waals surface area contributed by atoms with E-state index in [9.17, 15) is 14.4 Å². The van der Waals surface area contributed by atoms with Gasteiger partial charge in [0.2, 0.25) is 5.91 Å². The van der Waals surface area contributed by atoms with Gasteiger partial charge in [0.25, 0.3) is 5.56 Å². The Balaban J connectivity index is 1.81. The summed E-state index contributed by atoms with van der Waals surface area (Å²) in [6.45, 7) is 3.41. The number of aryl methyl sites for hydroxylation is 2. The van der Waals surface area contributed by atoms with Crippen LogP contribution in [0.25, 0.3) is 16.7 Å². The van der Waals surface area contributed by atoms with Gasteiger partial charge < -0.3 is 5.32 Å². The minimum atomic E-state index is -0.617. The SMILES string of the molecule is Cc1ccc(C)c(NC(=O)Cn2c(=O)c3cccnc3n(-c3ccccc3)c2=O)c1. The number of aromatic nitrogens is 3. The second kappa shape index (κ2) is 7.79. The minimum Gasteiger partial charge on any atom is -0.324 e. The van der Waals surface area contributed by atoms with Crippen LogP contribution in [0.1, 0.15) is 11.1 Å². The number of hydrogen-bond acceptors (Lipinski definition) is 4. The van der Waals surface area contributed by atoms with E-state index < -0.39 is 23.7 Å². The van der Waals surface area contributed by atoms with Crippen LogP contribution in [0.3, 0.4) is 0 Å². The van der Waals surface area contributed by atoms with Gasteiger partial charge >= 0.3 is 5.69 Å². The first-order valence-corrected chi connectivity index (χ1v) is 9.49. The van der Waals surface area contributed by atoms with Crippen LogP contribution in [0.2, 0.25) is 0 Å². The summed E-state index contributed by atoms with van der Waals surface area (Å²) in [5.74, 6) is -0.453. The molecule has 7 heteroatoms. The summed E-state index contributed by atoms with van der Waals surface area (Å²) in [5, 5.41) is 3.06. The van der Waals surface area contributed by atoms with E-state index >= 15 is 0 Å². The van der Waals surface area contributed by atoms with E-state index in [0.29, 0.717) is 11.4 Å². The molecular weight excluding hydrogens is 380 g/mol. The van der Waals surface area contributed by atoms with Crippen LogP contribution < -0.4 is 16.6 Å². The zero-order valence-electron chi connectivity index (χ0n) is 16.6. The standard InChI is InChI=1S/C23H20N4O3/c1-15-10-11-16(2)19(13-15)25-20(28)14-26-22(29)18-9-6-12-24-21(18)27(23(26)30)17-7-4-3-5-8-17/h3-13H,14H2,1-2H3,(H,25,28). The first kappa shape index (κ1) is 19.3. The van der Waals surface area contributed by atoms with Crippen LogP contribution in [-0.2, 0) is 11.3 Å². The number of pyridine rings is 1. The van der Waals surface area contributed by atoms with Crippen LogP contribution >= 0.6 is 0 Å². The molecular formula is C23H20N4O3. The predicted octanol–water partition coefficient (Wildman–Crippen LogP) is 2.80. The number of carbonyl (C=O) groups excluding carboxylic acids is 1. The largest absolute Gasteiger partial charge is 0.337 e. The lowest BCUT2D eigenvalue weighted by Crippen LogP contribution is -2.42. The molecule has 0 unspecified atom stereocenters. The molecule has 0 radical (unpaired) electrons. The van der Waals surface area contributed by atoms with Crippen LogP contribution in [0.5, 0.6) is 0 Å². The van der Waals surface area contributed by atoms with Gasteiger partial charge in [0.1, 0.15) is 6.54 Å². The molecule has 0 saturated heterocycles. The van der Waals surface area contributed by atoms with Crippen molar-refractivity contribution in [2.45, 2.75) is 20.4 Å². The number of benzene rings is 2. The Labute approximate surface area is 172 Å². The second-order valence-electron chi connectivity index (χ2n) is 7.09. The van der Waals surface area contributed by atoms with E-state index in [-0.39, 0.29) is 11.0 Å². The Morgan fingerprint density at radius 3 is 2.53 bits per heavy atom. The van der Waals surface area contributed by atoms with Crippen molar-refractivity contribution in [3.63, 3.8) is 0 Å². The third kappa shape index (κ3) is 3.53. The summed E-state index contributed by atoms with van der Waals surface area (Å²) in [5.41, 5.74) is 2.19. The molecule has 4 aromatic rings. The fourth-order valence-electron chi connectivity index (χ4n) is 3.34. The van der Waals surface area contributed by atoms with Gasteiger partial charge in [-0.05, 0) is 55.3 Å². The number of amides is 1. The zero-order chi connectivity index (χ0) is 21.3. The van der Waals surface area contributed by atoms with Crippen LogP contribution in [0.15, 0.2) is 76.4 Å². The molecule has 0 aliphatic heterocycles. The maximum absolute atomic E-state index is 13.2. The highest BCUT2D eigenvalue weighted by atomic mass is 16.2. The summed E-state index contributed by atoms with van der Waals surface area (Å²) >= 11 is 0. The molecule has 0 aliphatic rings. The topological polar surface area (TPSA) is 86.0 Å². The summed E-state index contributed by atoms with van der Waals surface area (Å²) < 4.78 is 2.29. The van der Waals surface area contributed by atoms with Gasteiger partial charge in [-0.15, -0.1) is 0 Å². The summed E-state index contributed by atoms with van der Waals surface area (Å²) in [6.07, 6.45) is 1.53. The lowest BCUT2D eigenvalue weighted by molar-refractivity contribution is -0.116. The lowest BCUT2D eigenvalue weighted by atomic mass is 10.1. The van der Waals surface area contributed by atoms with Crippen molar-refractivity contribution in [2.75, 3.05) is 5.32 Å². The first-order chi connectivity index (χ1) is 14.5. The molecule has 2 aromatic carbocycles. The van der Waals surface area contributed by atoms with Crippen LogP contribution in [-0.4, -0.2) is 20.0 Å². The number of anilines is 1. The molecule has 0 spiro atoms. The van der Waals surface area contributed by atoms with Crippen LogP contribution in [0.4, 0.5) is 5.69 Å². The maximum Gasteiger partial charge on any atom is 0.337 e. The smallest absolute Gasteiger partial charge is 0.324 e. The molecule has 2 aromatic heterocycles. The van der Waals surface area contributed by atoms with Gasteiger partial charge in [-0.1, -0.05) is 30.3 Å². The molecule has 0 aliphatic carbocycles. The predicted molar refractivity (Wildman–Crippen MR) is 116 cm³/mol. The Kier molecular flexibility index (Phi) is 5.02. The molecule has 0 fully saturated rings. The summed E-state index contributed by atoms with van der Waals surface area (Å²) in [4.78, 5) is 43.1. The van der Waals surface area contributed by atoms with E-state index in [2.05, 4.69) is 10.3 Å². The third-order valence-corrected chi connectivity index (χ3v) is 4.88. The molecule has 0 saturated carbocycles. The number of hydrogen-bond donors (Lipinski definition) is 1. The van der Waals surface area contributed by atoms with Crippen molar-refractivity contribution in [3.8, 4) is 5.69 Å². The number of nitrogens with zero attached hydrogens (tertiary/aromatic N) is 3. The van der Waals surface area contributed by atoms with E-state index in [0.717, 1.165) is 15.7 Å². The highest BCUT2D eigenvalue weighted by Gasteiger charge is 2.17. The summed E-state index contributed by atoms with van der Waals surface area (Å²) in [7, 11) is 0. The molecule has 4 rings (SSSR count). The Morgan fingerprint density at radius 1 is 1.00 bits per heavy atom. The normalized spacial score (nSPS) is 10.9. The Bertz CT molecular complexity index is 1370. The molecule has 7 nitrogen and oxygen atoms in total. The highest BCUT2D eigenvalue weighted by molar-refractivity contribution is 5.91. The summed E-state index contributed by atoms with van der Waals surface area (Å²) in [6, 6.07) is 17.8. The lowest BCUT2D eigenvalue weighted by Gasteiger charge is -2.14. The van der Waals surface area contributed by atoms with Crippen molar-refractivity contribution in [1.29, 1.82) is 0 Å². The van der Waals surface area contributed by atoms with E-state index in [1.165, 1.54) is 10.8 Å². The maximum atomic E-state index is 13.2. The quantitative estimate of drug-likeness (QED) is 0.571. The van der Waals surface area contributed by atoms with Gasteiger partial charge in [-0.3, -0.25) is 9.59 Å². The fourth-order valence-corrected chi connectivity index (χ4v) is 3.34. The third-order valence-electron chi connectivity index (χ3n) is 4.88. The van der Waals surface area contributed by atoms with Crippen molar-refractivity contribution in [1.82, 2.24) is 14.1 Å². The van der Waals surface area contributed by atoms with E-state index in [1.54, 1.807) is 36.4 Å². The number of rotatable bonds is 4. The Morgan fingerprint density at radius 2 is 1.77 bits per heavy atom. The van der Waals surface area contributed by atoms with Gasteiger partial charge in [0, 0.05) is 11.9 Å². The Hall–Kier alpha value is -4.00. The fraction of sp³-hybridized carbons (Fsp3) is 0.130. The molecule has 0 atom stereocenters. The van der Waals surface area contributed by atoms with Gasteiger partial charge in [-0.25, -0.2) is 18.9 Å². The van der Waals surface area contributed by atoms with Gasteiger partial charge in [0.15, 0.2) is 5.65 Å². The highest BCUT2D eigenvalue weighted by Crippen LogP contribution is 2.16. The van der Waals surface area contributed by atoms with Crippen molar-refractivity contribution in [3.05, 3.63) is 98.8 Å². The first-order valence-electron chi connectivity index (χ1n) is 9.49. The van der Waals surface area contributed by atoms with Gasteiger partial charge in [-0.2, -0.15) is 0 Å². The minimum absolute atomic E-state index is 0.255. The number of carbonyl (C=O) groups is 1. The average Bonchev–Trinajstić information content (AvgIpc) is 2.75. The molecule has 150 valence electrons. The molecule has 0 bridgehead atoms. The molecule has 1 N–H and O–H groups in total. The molecule has 1 amide bonds. The molecule has 30 heavy (non-hydrogen) atoms. The van der Waals surface area contributed by atoms with Crippen molar-refractivity contribution in [2.24, 2.45) is 0 Å². The zero-order valence-corrected chi connectivity index (χ0v) is 16.6. The monoisotopic (exact) mass is 400 g/mol. The number of nitrogens with one attached hydrogen (secondary N) is 1. The number of para-hydroxylation sites is 1. The van der Waals surface area contributed by atoms with Crippen molar-refractivity contribution >= 4 is 22.6 Å². The second-order valence-corrected chi connectivity index (χ2v) is 7.09. The average molecular weight is 400 g/mol.